The van der Waals surface area contributed by atoms with Crippen LogP contribution in [0.5, 0.6) is 0 Å². The van der Waals surface area contributed by atoms with Gasteiger partial charge in [-0.3, -0.25) is 9.59 Å². The van der Waals surface area contributed by atoms with Crippen LogP contribution in [0.25, 0.3) is 10.2 Å². The second kappa shape index (κ2) is 8.07. The molecule has 1 aromatic heterocycles. The number of para-hydroxylation sites is 1. The summed E-state index contributed by atoms with van der Waals surface area (Å²) in [5.41, 5.74) is 2.45. The van der Waals surface area contributed by atoms with Crippen LogP contribution in [-0.4, -0.2) is 29.9 Å². The Morgan fingerprint density at radius 3 is 2.40 bits per heavy atom. The lowest BCUT2D eigenvalue weighted by Gasteiger charge is -2.31. The number of benzene rings is 2. The largest absolute Gasteiger partial charge is 0.347 e. The number of hydrogen-bond donors (Lipinski definition) is 2. The van der Waals surface area contributed by atoms with Gasteiger partial charge in [-0.05, 0) is 56.0 Å². The van der Waals surface area contributed by atoms with Crippen LogP contribution in [0.3, 0.4) is 0 Å². The van der Waals surface area contributed by atoms with Crippen molar-refractivity contribution in [1.29, 1.82) is 0 Å². The molecule has 154 valence electrons. The number of anilines is 3. The van der Waals surface area contributed by atoms with E-state index < -0.39 is 0 Å². The summed E-state index contributed by atoms with van der Waals surface area (Å²) in [6.07, 6.45) is 3.76. The molecule has 5 rings (SSSR count). The lowest BCUT2D eigenvalue weighted by Crippen LogP contribution is -2.40. The Morgan fingerprint density at radius 2 is 1.67 bits per heavy atom. The standard InChI is InChI=1S/C23H24N4O2S/c28-21(15-10-11-15)24-17-6-3-7-18(13-17)25-22(29)16-5-4-12-27(14-16)23-26-19-8-1-2-9-20(19)30-23/h1-3,6-9,13,15-16H,4-5,10-12,14H2,(H,24,28)(H,25,29)/t16-/m1/s1. The molecule has 2 heterocycles. The predicted molar refractivity (Wildman–Crippen MR) is 121 cm³/mol. The first-order chi connectivity index (χ1) is 14.7. The van der Waals surface area contributed by atoms with Crippen molar-refractivity contribution in [3.05, 3.63) is 48.5 Å². The number of hydrogen-bond acceptors (Lipinski definition) is 5. The minimum Gasteiger partial charge on any atom is -0.347 e. The Hall–Kier alpha value is -2.93. The maximum atomic E-state index is 12.9. The summed E-state index contributed by atoms with van der Waals surface area (Å²) in [5.74, 6) is 0.151. The highest BCUT2D eigenvalue weighted by Gasteiger charge is 2.30. The fourth-order valence-electron chi connectivity index (χ4n) is 3.87. The summed E-state index contributed by atoms with van der Waals surface area (Å²) in [6.45, 7) is 1.59. The maximum Gasteiger partial charge on any atom is 0.229 e. The van der Waals surface area contributed by atoms with Gasteiger partial charge in [0.25, 0.3) is 0 Å². The number of carbonyl (C=O) groups is 2. The van der Waals surface area contributed by atoms with E-state index in [9.17, 15) is 9.59 Å². The van der Waals surface area contributed by atoms with Gasteiger partial charge in [0.2, 0.25) is 11.8 Å². The Kier molecular flexibility index (Phi) is 5.12. The van der Waals surface area contributed by atoms with Crippen LogP contribution in [0.2, 0.25) is 0 Å². The first-order valence-electron chi connectivity index (χ1n) is 10.5. The summed E-state index contributed by atoms with van der Waals surface area (Å²) in [4.78, 5) is 31.9. The zero-order valence-electron chi connectivity index (χ0n) is 16.6. The molecule has 1 saturated heterocycles. The summed E-state index contributed by atoms with van der Waals surface area (Å²) in [7, 11) is 0. The van der Waals surface area contributed by atoms with Crippen molar-refractivity contribution in [2.45, 2.75) is 25.7 Å². The van der Waals surface area contributed by atoms with Crippen molar-refractivity contribution in [2.75, 3.05) is 28.6 Å². The predicted octanol–water partition coefficient (Wildman–Crippen LogP) is 4.50. The lowest BCUT2D eigenvalue weighted by atomic mass is 9.97. The molecule has 2 N–H and O–H groups in total. The smallest absolute Gasteiger partial charge is 0.229 e. The van der Waals surface area contributed by atoms with Gasteiger partial charge in [0, 0.05) is 30.4 Å². The number of nitrogens with zero attached hydrogens (tertiary/aromatic N) is 2. The van der Waals surface area contributed by atoms with Gasteiger partial charge in [-0.2, -0.15) is 0 Å². The van der Waals surface area contributed by atoms with Crippen molar-refractivity contribution < 1.29 is 9.59 Å². The topological polar surface area (TPSA) is 74.3 Å². The number of nitrogens with one attached hydrogen (secondary N) is 2. The molecule has 0 bridgehead atoms. The van der Waals surface area contributed by atoms with Crippen LogP contribution in [0.1, 0.15) is 25.7 Å². The average molecular weight is 421 g/mol. The van der Waals surface area contributed by atoms with E-state index in [1.165, 1.54) is 4.70 Å². The molecule has 30 heavy (non-hydrogen) atoms. The van der Waals surface area contributed by atoms with Crippen LogP contribution in [0.4, 0.5) is 16.5 Å². The van der Waals surface area contributed by atoms with Crippen LogP contribution < -0.4 is 15.5 Å². The fourth-order valence-corrected chi connectivity index (χ4v) is 4.87. The van der Waals surface area contributed by atoms with Crippen LogP contribution in [0, 0.1) is 11.8 Å². The Labute approximate surface area is 179 Å². The van der Waals surface area contributed by atoms with Crippen molar-refractivity contribution in [2.24, 2.45) is 11.8 Å². The van der Waals surface area contributed by atoms with Crippen molar-refractivity contribution in [3.63, 3.8) is 0 Å². The van der Waals surface area contributed by atoms with E-state index in [1.807, 2.05) is 42.5 Å². The van der Waals surface area contributed by atoms with Crippen LogP contribution in [0.15, 0.2) is 48.5 Å². The second-order valence-electron chi connectivity index (χ2n) is 8.08. The molecular formula is C23H24N4O2S. The Balaban J connectivity index is 1.24. The summed E-state index contributed by atoms with van der Waals surface area (Å²) >= 11 is 1.68. The third kappa shape index (κ3) is 4.16. The van der Waals surface area contributed by atoms with Crippen LogP contribution in [-0.2, 0) is 9.59 Å². The normalized spacial score (nSPS) is 18.9. The number of piperidine rings is 1. The van der Waals surface area contributed by atoms with E-state index in [1.54, 1.807) is 11.3 Å². The van der Waals surface area contributed by atoms with Gasteiger partial charge in [-0.1, -0.05) is 29.5 Å². The zero-order valence-corrected chi connectivity index (χ0v) is 17.5. The number of rotatable bonds is 5. The highest BCUT2D eigenvalue weighted by atomic mass is 32.1. The third-order valence-corrected chi connectivity index (χ3v) is 6.79. The third-order valence-electron chi connectivity index (χ3n) is 5.69. The minimum atomic E-state index is -0.0875. The van der Waals surface area contributed by atoms with Gasteiger partial charge in [0.1, 0.15) is 0 Å². The van der Waals surface area contributed by atoms with Gasteiger partial charge in [-0.25, -0.2) is 4.98 Å². The molecule has 1 aliphatic carbocycles. The fraction of sp³-hybridized carbons (Fsp3) is 0.348. The van der Waals surface area contributed by atoms with E-state index in [0.29, 0.717) is 12.2 Å². The Morgan fingerprint density at radius 1 is 0.933 bits per heavy atom. The van der Waals surface area contributed by atoms with Gasteiger partial charge in [0.15, 0.2) is 5.13 Å². The van der Waals surface area contributed by atoms with Gasteiger partial charge >= 0.3 is 0 Å². The van der Waals surface area contributed by atoms with E-state index in [0.717, 1.165) is 48.6 Å². The number of carbonyl (C=O) groups excluding carboxylic acids is 2. The minimum absolute atomic E-state index is 0.0199. The van der Waals surface area contributed by atoms with E-state index in [4.69, 9.17) is 4.98 Å². The molecular weight excluding hydrogens is 396 g/mol. The van der Waals surface area contributed by atoms with Gasteiger partial charge in [0.05, 0.1) is 16.1 Å². The second-order valence-corrected chi connectivity index (χ2v) is 9.09. The SMILES string of the molecule is O=C(Nc1cccc(NC(=O)[C@@H]2CCCN(c3nc4ccccc4s3)C2)c1)C1CC1. The van der Waals surface area contributed by atoms with Crippen LogP contribution >= 0.6 is 11.3 Å². The molecule has 2 fully saturated rings. The molecule has 1 saturated carbocycles. The average Bonchev–Trinajstić information content (AvgIpc) is 3.53. The van der Waals surface area contributed by atoms with Gasteiger partial charge < -0.3 is 15.5 Å². The zero-order chi connectivity index (χ0) is 20.5. The molecule has 1 atom stereocenters. The maximum absolute atomic E-state index is 12.9. The van der Waals surface area contributed by atoms with Crippen molar-refractivity contribution in [3.8, 4) is 0 Å². The molecule has 3 aromatic rings. The molecule has 0 spiro atoms. The van der Waals surface area contributed by atoms with E-state index in [2.05, 4.69) is 21.6 Å². The monoisotopic (exact) mass is 420 g/mol. The number of aromatic nitrogens is 1. The first-order valence-corrected chi connectivity index (χ1v) is 11.3. The molecule has 0 unspecified atom stereocenters. The summed E-state index contributed by atoms with van der Waals surface area (Å²) in [6, 6.07) is 15.5. The van der Waals surface area contributed by atoms with Crippen molar-refractivity contribution in [1.82, 2.24) is 4.98 Å². The van der Waals surface area contributed by atoms with Crippen molar-refractivity contribution >= 4 is 49.9 Å². The molecule has 2 aliphatic rings. The van der Waals surface area contributed by atoms with Gasteiger partial charge in [-0.15, -0.1) is 0 Å². The highest BCUT2D eigenvalue weighted by molar-refractivity contribution is 7.22. The number of fused-ring (bicyclic) bond motifs is 1. The number of thiazole rings is 1. The molecule has 7 heteroatoms. The summed E-state index contributed by atoms with van der Waals surface area (Å²) in [5, 5.41) is 6.95. The summed E-state index contributed by atoms with van der Waals surface area (Å²) < 4.78 is 1.17. The molecule has 1 aliphatic heterocycles. The Bertz CT molecular complexity index is 1060. The lowest BCUT2D eigenvalue weighted by molar-refractivity contribution is -0.120. The molecule has 0 radical (unpaired) electrons. The first kappa shape index (κ1) is 19.1. The highest BCUT2D eigenvalue weighted by Crippen LogP contribution is 2.32. The molecule has 6 nitrogen and oxygen atoms in total. The quantitative estimate of drug-likeness (QED) is 0.637. The van der Waals surface area contributed by atoms with E-state index >= 15 is 0 Å². The number of amides is 2. The molecule has 2 aromatic carbocycles. The van der Waals surface area contributed by atoms with E-state index in [-0.39, 0.29) is 23.7 Å². The molecule has 2 amide bonds.